The quantitative estimate of drug-likeness (QED) is 0.799. The molecule has 1 aromatic carbocycles. The standard InChI is InChI=1S/C15H15NO2/c1-17-13-7-6-11(9-16)12-8-14(18-15(12)13)10-4-2-3-5-10/h6-8,10H,2-5H2,1H3. The number of rotatable bonds is 2. The number of hydrogen-bond donors (Lipinski definition) is 0. The van der Waals surface area contributed by atoms with E-state index in [2.05, 4.69) is 6.07 Å². The van der Waals surface area contributed by atoms with Gasteiger partial charge in [0.05, 0.1) is 18.7 Å². The number of nitrogens with zero attached hydrogens (tertiary/aromatic N) is 1. The van der Waals surface area contributed by atoms with Gasteiger partial charge >= 0.3 is 0 Å². The summed E-state index contributed by atoms with van der Waals surface area (Å²) in [5, 5.41) is 10.0. The Balaban J connectivity index is 2.17. The molecule has 0 bridgehead atoms. The summed E-state index contributed by atoms with van der Waals surface area (Å²) in [7, 11) is 1.62. The Kier molecular flexibility index (Phi) is 2.71. The molecule has 3 nitrogen and oxygen atoms in total. The molecule has 2 aromatic rings. The maximum Gasteiger partial charge on any atom is 0.177 e. The van der Waals surface area contributed by atoms with Crippen LogP contribution in [0.1, 0.15) is 42.9 Å². The highest BCUT2D eigenvalue weighted by Crippen LogP contribution is 2.39. The molecule has 1 saturated carbocycles. The van der Waals surface area contributed by atoms with Gasteiger partial charge in [-0.05, 0) is 31.0 Å². The van der Waals surface area contributed by atoms with Gasteiger partial charge in [-0.3, -0.25) is 0 Å². The van der Waals surface area contributed by atoms with Crippen LogP contribution in [0.4, 0.5) is 0 Å². The molecule has 3 rings (SSSR count). The zero-order valence-electron chi connectivity index (χ0n) is 10.4. The van der Waals surface area contributed by atoms with Gasteiger partial charge in [0.1, 0.15) is 5.76 Å². The van der Waals surface area contributed by atoms with Crippen LogP contribution in [-0.4, -0.2) is 7.11 Å². The van der Waals surface area contributed by atoms with E-state index in [-0.39, 0.29) is 0 Å². The predicted molar refractivity (Wildman–Crippen MR) is 68.7 cm³/mol. The average Bonchev–Trinajstić information content (AvgIpc) is 3.05. The molecule has 1 aliphatic rings. The molecule has 1 fully saturated rings. The van der Waals surface area contributed by atoms with Crippen molar-refractivity contribution in [3.05, 3.63) is 29.5 Å². The highest BCUT2D eigenvalue weighted by Gasteiger charge is 2.22. The molecule has 1 aromatic heterocycles. The molecule has 0 atom stereocenters. The van der Waals surface area contributed by atoms with Crippen LogP contribution < -0.4 is 4.74 Å². The fourth-order valence-corrected chi connectivity index (χ4v) is 2.79. The summed E-state index contributed by atoms with van der Waals surface area (Å²) >= 11 is 0. The first kappa shape index (κ1) is 11.2. The second-order valence-corrected chi connectivity index (χ2v) is 4.80. The molecule has 0 spiro atoms. The van der Waals surface area contributed by atoms with E-state index in [1.54, 1.807) is 19.2 Å². The van der Waals surface area contributed by atoms with Crippen LogP contribution in [0.5, 0.6) is 5.75 Å². The third kappa shape index (κ3) is 1.65. The Bertz CT molecular complexity index is 615. The first-order valence-electron chi connectivity index (χ1n) is 6.34. The molecule has 0 N–H and O–H groups in total. The van der Waals surface area contributed by atoms with Gasteiger partial charge in [-0.25, -0.2) is 0 Å². The monoisotopic (exact) mass is 241 g/mol. The van der Waals surface area contributed by atoms with E-state index < -0.39 is 0 Å². The van der Waals surface area contributed by atoms with Crippen LogP contribution in [0.3, 0.4) is 0 Å². The topological polar surface area (TPSA) is 46.2 Å². The molecule has 0 aliphatic heterocycles. The first-order chi connectivity index (χ1) is 8.83. The fraction of sp³-hybridized carbons (Fsp3) is 0.400. The Labute approximate surface area is 106 Å². The van der Waals surface area contributed by atoms with Crippen LogP contribution in [-0.2, 0) is 0 Å². The summed E-state index contributed by atoms with van der Waals surface area (Å²) in [6.07, 6.45) is 4.90. The van der Waals surface area contributed by atoms with Crippen molar-refractivity contribution in [1.82, 2.24) is 0 Å². The van der Waals surface area contributed by atoms with E-state index in [1.165, 1.54) is 25.7 Å². The van der Waals surface area contributed by atoms with Crippen LogP contribution in [0.15, 0.2) is 22.6 Å². The molecule has 1 aliphatic carbocycles. The van der Waals surface area contributed by atoms with Gasteiger partial charge in [0.2, 0.25) is 0 Å². The van der Waals surface area contributed by atoms with Crippen molar-refractivity contribution in [2.45, 2.75) is 31.6 Å². The number of nitriles is 1. The van der Waals surface area contributed by atoms with Crippen LogP contribution in [0.25, 0.3) is 11.0 Å². The number of methoxy groups -OCH3 is 1. The third-order valence-electron chi connectivity index (χ3n) is 3.76. The lowest BCUT2D eigenvalue weighted by atomic mass is 10.0. The van der Waals surface area contributed by atoms with Crippen molar-refractivity contribution < 1.29 is 9.15 Å². The SMILES string of the molecule is COc1ccc(C#N)c2cc(C3CCCC3)oc12. The number of benzene rings is 1. The highest BCUT2D eigenvalue weighted by molar-refractivity contribution is 5.89. The second kappa shape index (κ2) is 4.38. The van der Waals surface area contributed by atoms with Crippen molar-refractivity contribution in [2.24, 2.45) is 0 Å². The van der Waals surface area contributed by atoms with E-state index in [0.29, 0.717) is 22.8 Å². The minimum atomic E-state index is 0.508. The van der Waals surface area contributed by atoms with Gasteiger partial charge in [0, 0.05) is 11.3 Å². The lowest BCUT2D eigenvalue weighted by molar-refractivity contribution is 0.404. The van der Waals surface area contributed by atoms with Gasteiger partial charge in [0.15, 0.2) is 11.3 Å². The molecule has 18 heavy (non-hydrogen) atoms. The molecular weight excluding hydrogens is 226 g/mol. The molecule has 0 amide bonds. The summed E-state index contributed by atoms with van der Waals surface area (Å²) in [6.45, 7) is 0. The zero-order chi connectivity index (χ0) is 12.5. The minimum Gasteiger partial charge on any atom is -0.493 e. The predicted octanol–water partition coefficient (Wildman–Crippen LogP) is 3.97. The van der Waals surface area contributed by atoms with Gasteiger partial charge in [-0.2, -0.15) is 5.26 Å². The molecule has 0 saturated heterocycles. The number of ether oxygens (including phenoxy) is 1. The molecule has 0 unspecified atom stereocenters. The van der Waals surface area contributed by atoms with Gasteiger partial charge in [-0.15, -0.1) is 0 Å². The number of fused-ring (bicyclic) bond motifs is 1. The van der Waals surface area contributed by atoms with E-state index in [9.17, 15) is 0 Å². The number of furan rings is 1. The molecular formula is C15H15NO2. The summed E-state index contributed by atoms with van der Waals surface area (Å²) in [6, 6.07) is 7.81. The smallest absolute Gasteiger partial charge is 0.177 e. The van der Waals surface area contributed by atoms with Crippen molar-refractivity contribution in [3.63, 3.8) is 0 Å². The summed E-state index contributed by atoms with van der Waals surface area (Å²) in [5.74, 6) is 2.21. The van der Waals surface area contributed by atoms with Crippen LogP contribution in [0, 0.1) is 11.3 Å². The van der Waals surface area contributed by atoms with Crippen LogP contribution in [0.2, 0.25) is 0 Å². The molecule has 1 heterocycles. The highest BCUT2D eigenvalue weighted by atomic mass is 16.5. The fourth-order valence-electron chi connectivity index (χ4n) is 2.79. The second-order valence-electron chi connectivity index (χ2n) is 4.80. The van der Waals surface area contributed by atoms with Crippen molar-refractivity contribution in [1.29, 1.82) is 5.26 Å². The lowest BCUT2D eigenvalue weighted by Gasteiger charge is -2.03. The molecule has 3 heteroatoms. The van der Waals surface area contributed by atoms with Gasteiger partial charge in [0.25, 0.3) is 0 Å². The van der Waals surface area contributed by atoms with E-state index in [4.69, 9.17) is 14.4 Å². The van der Waals surface area contributed by atoms with Gasteiger partial charge < -0.3 is 9.15 Å². The third-order valence-corrected chi connectivity index (χ3v) is 3.76. The Morgan fingerprint density at radius 2 is 2.11 bits per heavy atom. The first-order valence-corrected chi connectivity index (χ1v) is 6.34. The lowest BCUT2D eigenvalue weighted by Crippen LogP contribution is -1.87. The Morgan fingerprint density at radius 1 is 1.33 bits per heavy atom. The summed E-state index contributed by atoms with van der Waals surface area (Å²) < 4.78 is 11.2. The van der Waals surface area contributed by atoms with Crippen molar-refractivity contribution >= 4 is 11.0 Å². The Hall–Kier alpha value is -1.95. The van der Waals surface area contributed by atoms with E-state index >= 15 is 0 Å². The average molecular weight is 241 g/mol. The maximum atomic E-state index is 9.14. The van der Waals surface area contributed by atoms with E-state index in [0.717, 1.165) is 11.1 Å². The Morgan fingerprint density at radius 3 is 2.78 bits per heavy atom. The largest absolute Gasteiger partial charge is 0.493 e. The van der Waals surface area contributed by atoms with Crippen LogP contribution >= 0.6 is 0 Å². The summed E-state index contributed by atoms with van der Waals surface area (Å²) in [5.41, 5.74) is 1.36. The zero-order valence-corrected chi connectivity index (χ0v) is 10.4. The van der Waals surface area contributed by atoms with Crippen molar-refractivity contribution in [2.75, 3.05) is 7.11 Å². The van der Waals surface area contributed by atoms with Crippen molar-refractivity contribution in [3.8, 4) is 11.8 Å². The normalized spacial score (nSPS) is 16.0. The van der Waals surface area contributed by atoms with E-state index in [1.807, 2.05) is 6.07 Å². The van der Waals surface area contributed by atoms with Gasteiger partial charge in [-0.1, -0.05) is 12.8 Å². The maximum absolute atomic E-state index is 9.14. The molecule has 92 valence electrons. The summed E-state index contributed by atoms with van der Waals surface area (Å²) in [4.78, 5) is 0. The minimum absolute atomic E-state index is 0.508. The number of hydrogen-bond acceptors (Lipinski definition) is 3. The molecule has 0 radical (unpaired) electrons.